The number of hydrogen-bond donors (Lipinski definition) is 0. The lowest BCUT2D eigenvalue weighted by molar-refractivity contribution is -0.120. The molecular formula is C14H19NOS. The smallest absolute Gasteiger partial charge is 0.133 e. The van der Waals surface area contributed by atoms with Crippen LogP contribution in [-0.2, 0) is 4.79 Å². The van der Waals surface area contributed by atoms with E-state index in [1.807, 2.05) is 0 Å². The summed E-state index contributed by atoms with van der Waals surface area (Å²) in [5, 5.41) is 0. The normalized spacial score (nSPS) is 17.2. The van der Waals surface area contributed by atoms with Gasteiger partial charge >= 0.3 is 0 Å². The molecule has 0 bridgehead atoms. The summed E-state index contributed by atoms with van der Waals surface area (Å²) >= 11 is 1.76. The molecule has 17 heavy (non-hydrogen) atoms. The van der Waals surface area contributed by atoms with Gasteiger partial charge in [0.2, 0.25) is 0 Å². The maximum atomic E-state index is 11.2. The molecule has 1 aliphatic carbocycles. The van der Waals surface area contributed by atoms with Gasteiger partial charge in [0.05, 0.1) is 0 Å². The van der Waals surface area contributed by atoms with E-state index >= 15 is 0 Å². The Labute approximate surface area is 107 Å². The number of Topliss-reactive ketones (excluding diaryl/α,β-unsaturated/α-hetero) is 1. The van der Waals surface area contributed by atoms with Crippen LogP contribution in [0.15, 0.2) is 29.2 Å². The van der Waals surface area contributed by atoms with Crippen molar-refractivity contribution in [1.82, 2.24) is 0 Å². The van der Waals surface area contributed by atoms with Gasteiger partial charge in [0.1, 0.15) is 5.78 Å². The van der Waals surface area contributed by atoms with E-state index in [4.69, 9.17) is 0 Å². The summed E-state index contributed by atoms with van der Waals surface area (Å²) in [6.07, 6.45) is 5.58. The van der Waals surface area contributed by atoms with Gasteiger partial charge in [-0.3, -0.25) is 4.79 Å². The van der Waals surface area contributed by atoms with Crippen LogP contribution in [0.2, 0.25) is 0 Å². The van der Waals surface area contributed by atoms with Crippen molar-refractivity contribution in [3.8, 4) is 0 Å². The third-order valence-electron chi connectivity index (χ3n) is 3.54. The van der Waals surface area contributed by atoms with Crippen molar-refractivity contribution in [2.45, 2.75) is 36.6 Å². The fourth-order valence-electron chi connectivity index (χ4n) is 2.34. The standard InChI is InChI=1S/C14H19NOS/c1-15(11-3-7-13(16)8-4-11)12-5-9-14(17-2)10-6-12/h5-6,9-11H,3-4,7-8H2,1-2H3. The molecule has 1 saturated carbocycles. The number of rotatable bonds is 3. The van der Waals surface area contributed by atoms with E-state index in [9.17, 15) is 4.79 Å². The number of carbonyl (C=O) groups excluding carboxylic acids is 1. The predicted octanol–water partition coefficient (Wildman–Crippen LogP) is 3.36. The summed E-state index contributed by atoms with van der Waals surface area (Å²) in [5.41, 5.74) is 1.25. The van der Waals surface area contributed by atoms with Crippen molar-refractivity contribution in [3.63, 3.8) is 0 Å². The molecule has 0 heterocycles. The molecule has 0 N–H and O–H groups in total. The van der Waals surface area contributed by atoms with Gasteiger partial charge in [-0.25, -0.2) is 0 Å². The second-order valence-corrected chi connectivity index (χ2v) is 5.46. The Balaban J connectivity index is 2.03. The second kappa shape index (κ2) is 5.58. The van der Waals surface area contributed by atoms with Crippen LogP contribution < -0.4 is 4.90 Å². The zero-order chi connectivity index (χ0) is 12.3. The van der Waals surface area contributed by atoms with Crippen molar-refractivity contribution in [3.05, 3.63) is 24.3 Å². The minimum atomic E-state index is 0.424. The third kappa shape index (κ3) is 3.03. The lowest BCUT2D eigenvalue weighted by Gasteiger charge is -2.32. The van der Waals surface area contributed by atoms with Crippen LogP contribution in [0.4, 0.5) is 5.69 Å². The van der Waals surface area contributed by atoms with Gasteiger partial charge in [-0.15, -0.1) is 11.8 Å². The van der Waals surface area contributed by atoms with Crippen LogP contribution in [0.1, 0.15) is 25.7 Å². The number of carbonyl (C=O) groups is 1. The molecule has 2 rings (SSSR count). The Kier molecular flexibility index (Phi) is 4.11. The summed E-state index contributed by atoms with van der Waals surface area (Å²) < 4.78 is 0. The highest BCUT2D eigenvalue weighted by atomic mass is 32.2. The lowest BCUT2D eigenvalue weighted by Crippen LogP contribution is -2.35. The van der Waals surface area contributed by atoms with E-state index < -0.39 is 0 Å². The van der Waals surface area contributed by atoms with Gasteiger partial charge in [0, 0.05) is 36.5 Å². The van der Waals surface area contributed by atoms with E-state index in [1.165, 1.54) is 10.6 Å². The van der Waals surface area contributed by atoms with E-state index in [0.717, 1.165) is 25.7 Å². The fourth-order valence-corrected chi connectivity index (χ4v) is 2.75. The molecule has 0 amide bonds. The van der Waals surface area contributed by atoms with Gasteiger partial charge < -0.3 is 4.90 Å². The lowest BCUT2D eigenvalue weighted by atomic mass is 9.93. The van der Waals surface area contributed by atoms with E-state index in [1.54, 1.807) is 11.8 Å². The summed E-state index contributed by atoms with van der Waals surface area (Å²) in [6.45, 7) is 0. The van der Waals surface area contributed by atoms with Crippen LogP contribution in [0.25, 0.3) is 0 Å². The molecule has 92 valence electrons. The monoisotopic (exact) mass is 249 g/mol. The molecule has 0 aromatic heterocycles. The average molecular weight is 249 g/mol. The quantitative estimate of drug-likeness (QED) is 0.766. The number of benzene rings is 1. The number of ketones is 1. The summed E-state index contributed by atoms with van der Waals surface area (Å²) in [4.78, 5) is 14.8. The highest BCUT2D eigenvalue weighted by Crippen LogP contribution is 2.26. The SMILES string of the molecule is CSc1ccc(N(C)C2CCC(=O)CC2)cc1. The number of anilines is 1. The van der Waals surface area contributed by atoms with Crippen molar-refractivity contribution < 1.29 is 4.79 Å². The Morgan fingerprint density at radius 3 is 2.29 bits per heavy atom. The zero-order valence-corrected chi connectivity index (χ0v) is 11.3. The van der Waals surface area contributed by atoms with Crippen molar-refractivity contribution >= 4 is 23.2 Å². The molecule has 0 atom stereocenters. The molecular weight excluding hydrogens is 230 g/mol. The highest BCUT2D eigenvalue weighted by molar-refractivity contribution is 7.98. The molecule has 1 fully saturated rings. The first-order valence-corrected chi connectivity index (χ1v) is 7.32. The van der Waals surface area contributed by atoms with Gasteiger partial charge in [0.25, 0.3) is 0 Å². The maximum Gasteiger partial charge on any atom is 0.133 e. The molecule has 0 aliphatic heterocycles. The molecule has 0 spiro atoms. The Morgan fingerprint density at radius 1 is 1.18 bits per heavy atom. The second-order valence-electron chi connectivity index (χ2n) is 4.58. The molecule has 2 nitrogen and oxygen atoms in total. The van der Waals surface area contributed by atoms with E-state index in [-0.39, 0.29) is 0 Å². The predicted molar refractivity (Wildman–Crippen MR) is 73.9 cm³/mol. The minimum Gasteiger partial charge on any atom is -0.372 e. The van der Waals surface area contributed by atoms with Crippen molar-refractivity contribution in [2.24, 2.45) is 0 Å². The largest absolute Gasteiger partial charge is 0.372 e. The number of thioether (sulfide) groups is 1. The number of nitrogens with zero attached hydrogens (tertiary/aromatic N) is 1. The Morgan fingerprint density at radius 2 is 1.76 bits per heavy atom. The Bertz CT molecular complexity index is 378. The van der Waals surface area contributed by atoms with Crippen LogP contribution in [0.3, 0.4) is 0 Å². The summed E-state index contributed by atoms with van der Waals surface area (Å²) in [6, 6.07) is 9.17. The average Bonchev–Trinajstić information content (AvgIpc) is 2.39. The molecule has 0 saturated heterocycles. The molecule has 1 aromatic carbocycles. The first-order valence-electron chi connectivity index (χ1n) is 6.09. The van der Waals surface area contributed by atoms with E-state index in [2.05, 4.69) is 42.5 Å². The molecule has 0 unspecified atom stereocenters. The third-order valence-corrected chi connectivity index (χ3v) is 4.28. The van der Waals surface area contributed by atoms with E-state index in [0.29, 0.717) is 11.8 Å². The molecule has 3 heteroatoms. The summed E-state index contributed by atoms with van der Waals surface area (Å²) in [5.74, 6) is 0.424. The van der Waals surface area contributed by atoms with Crippen molar-refractivity contribution in [1.29, 1.82) is 0 Å². The van der Waals surface area contributed by atoms with Gasteiger partial charge in [0.15, 0.2) is 0 Å². The zero-order valence-electron chi connectivity index (χ0n) is 10.5. The highest BCUT2D eigenvalue weighted by Gasteiger charge is 2.22. The van der Waals surface area contributed by atoms with Crippen LogP contribution in [0, 0.1) is 0 Å². The number of hydrogen-bond acceptors (Lipinski definition) is 3. The first-order chi connectivity index (χ1) is 8.20. The molecule has 0 radical (unpaired) electrons. The van der Waals surface area contributed by atoms with Gasteiger partial charge in [-0.1, -0.05) is 0 Å². The van der Waals surface area contributed by atoms with Gasteiger partial charge in [-0.2, -0.15) is 0 Å². The topological polar surface area (TPSA) is 20.3 Å². The van der Waals surface area contributed by atoms with Gasteiger partial charge in [-0.05, 0) is 43.4 Å². The minimum absolute atomic E-state index is 0.424. The summed E-state index contributed by atoms with van der Waals surface area (Å²) in [7, 11) is 2.13. The first kappa shape index (κ1) is 12.5. The van der Waals surface area contributed by atoms with Crippen LogP contribution >= 0.6 is 11.8 Å². The van der Waals surface area contributed by atoms with Crippen LogP contribution in [0.5, 0.6) is 0 Å². The van der Waals surface area contributed by atoms with Crippen molar-refractivity contribution in [2.75, 3.05) is 18.2 Å². The Hall–Kier alpha value is -0.960. The maximum absolute atomic E-state index is 11.2. The van der Waals surface area contributed by atoms with Crippen LogP contribution in [-0.4, -0.2) is 25.1 Å². The molecule has 1 aromatic rings. The molecule has 1 aliphatic rings. The fraction of sp³-hybridized carbons (Fsp3) is 0.500.